The van der Waals surface area contributed by atoms with Gasteiger partial charge in [-0.25, -0.2) is 0 Å². The second-order valence-electron chi connectivity index (χ2n) is 14.6. The maximum Gasteiger partial charge on any atom is 0.0811 e. The van der Waals surface area contributed by atoms with E-state index in [0.717, 1.165) is 56.1 Å². The fourth-order valence-electron chi connectivity index (χ4n) is 8.17. The fraction of sp³-hybridized carbons (Fsp3) is 0.818. The molecule has 3 saturated carbocycles. The van der Waals surface area contributed by atoms with Gasteiger partial charge in [-0.05, 0) is 126 Å². The van der Waals surface area contributed by atoms with E-state index in [1.807, 2.05) is 27.7 Å². The van der Waals surface area contributed by atoms with Gasteiger partial charge in [0.2, 0.25) is 0 Å². The van der Waals surface area contributed by atoms with E-state index in [2.05, 4.69) is 32.6 Å². The standard InChI is InChI=1S/C33H56O4/c1-23-25(21-26(34)22-28(23)35)13-12-24-11-8-20-33(7)27(24)14-15-29(33)32(6,18-9-16-30(2,3)36)19-10-17-31(4,5)37/h12-13,26-29,34-37H,1,8-11,14-22H2,2-7H3/b24-12?,25-13-/t26-,27?,28?,29-,33+/m1/s1. The minimum Gasteiger partial charge on any atom is -0.393 e. The quantitative estimate of drug-likeness (QED) is 0.252. The molecule has 0 aromatic rings. The Morgan fingerprint density at radius 2 is 1.51 bits per heavy atom. The Labute approximate surface area is 227 Å². The maximum absolute atomic E-state index is 10.4. The molecule has 4 N–H and O–H groups in total. The SMILES string of the molecule is C=C1/C(=C\C=C2CCC[C@@]3(C)C2CC[C@@H]3C(C)(CCCC(C)(C)O)CCCC(C)(C)O)C[C@@H](O)CC1O. The van der Waals surface area contributed by atoms with Gasteiger partial charge in [-0.2, -0.15) is 0 Å². The van der Waals surface area contributed by atoms with Crippen molar-refractivity contribution in [1.82, 2.24) is 0 Å². The second kappa shape index (κ2) is 11.7. The van der Waals surface area contributed by atoms with Crippen molar-refractivity contribution in [2.24, 2.45) is 22.7 Å². The monoisotopic (exact) mass is 516 g/mol. The van der Waals surface area contributed by atoms with Gasteiger partial charge in [0.05, 0.1) is 23.4 Å². The van der Waals surface area contributed by atoms with Crippen LogP contribution in [0.1, 0.15) is 125 Å². The summed E-state index contributed by atoms with van der Waals surface area (Å²) in [5.74, 6) is 1.19. The minimum atomic E-state index is -0.644. The summed E-state index contributed by atoms with van der Waals surface area (Å²) >= 11 is 0. The van der Waals surface area contributed by atoms with E-state index >= 15 is 0 Å². The van der Waals surface area contributed by atoms with Gasteiger partial charge in [0.25, 0.3) is 0 Å². The average Bonchev–Trinajstić information content (AvgIpc) is 3.11. The molecule has 2 unspecified atom stereocenters. The van der Waals surface area contributed by atoms with Crippen LogP contribution in [0.4, 0.5) is 0 Å². The zero-order chi connectivity index (χ0) is 27.6. The average molecular weight is 517 g/mol. The topological polar surface area (TPSA) is 80.9 Å². The zero-order valence-corrected chi connectivity index (χ0v) is 24.7. The third-order valence-electron chi connectivity index (χ3n) is 10.1. The van der Waals surface area contributed by atoms with E-state index in [0.29, 0.717) is 24.7 Å². The summed E-state index contributed by atoms with van der Waals surface area (Å²) in [7, 11) is 0. The lowest BCUT2D eigenvalue weighted by Crippen LogP contribution is -2.41. The number of allylic oxidation sites excluding steroid dienone is 3. The van der Waals surface area contributed by atoms with Gasteiger partial charge >= 0.3 is 0 Å². The van der Waals surface area contributed by atoms with Gasteiger partial charge in [-0.3, -0.25) is 0 Å². The van der Waals surface area contributed by atoms with Crippen molar-refractivity contribution in [2.45, 2.75) is 148 Å². The van der Waals surface area contributed by atoms with Crippen LogP contribution in [0.15, 0.2) is 35.5 Å². The minimum absolute atomic E-state index is 0.187. The number of aliphatic hydroxyl groups excluding tert-OH is 2. The predicted molar refractivity (Wildman–Crippen MR) is 153 cm³/mol. The third-order valence-corrected chi connectivity index (χ3v) is 10.1. The molecule has 212 valence electrons. The van der Waals surface area contributed by atoms with E-state index in [-0.39, 0.29) is 10.8 Å². The van der Waals surface area contributed by atoms with Crippen molar-refractivity contribution >= 4 is 0 Å². The summed E-state index contributed by atoms with van der Waals surface area (Å²) in [6.07, 6.45) is 16.2. The molecular formula is C33H56O4. The number of aliphatic hydroxyl groups is 4. The first-order valence-corrected chi connectivity index (χ1v) is 14.9. The van der Waals surface area contributed by atoms with Crippen LogP contribution < -0.4 is 0 Å². The second-order valence-corrected chi connectivity index (χ2v) is 14.6. The highest BCUT2D eigenvalue weighted by Gasteiger charge is 2.54. The summed E-state index contributed by atoms with van der Waals surface area (Å²) < 4.78 is 0. The van der Waals surface area contributed by atoms with Gasteiger partial charge in [0.15, 0.2) is 0 Å². The molecule has 5 atom stereocenters. The molecule has 3 rings (SSSR count). The predicted octanol–water partition coefficient (Wildman–Crippen LogP) is 7.02. The Morgan fingerprint density at radius 3 is 2.08 bits per heavy atom. The normalized spacial score (nSPS) is 33.8. The van der Waals surface area contributed by atoms with Gasteiger partial charge in [-0.1, -0.05) is 51.0 Å². The molecule has 0 aromatic carbocycles. The highest BCUT2D eigenvalue weighted by atomic mass is 16.3. The Morgan fingerprint density at radius 1 is 0.919 bits per heavy atom. The molecule has 0 bridgehead atoms. The van der Waals surface area contributed by atoms with E-state index in [1.54, 1.807) is 0 Å². The van der Waals surface area contributed by atoms with Crippen LogP contribution in [0.3, 0.4) is 0 Å². The van der Waals surface area contributed by atoms with Gasteiger partial charge in [0, 0.05) is 6.42 Å². The van der Waals surface area contributed by atoms with Crippen molar-refractivity contribution in [3.05, 3.63) is 35.5 Å². The Hall–Kier alpha value is -0.940. The van der Waals surface area contributed by atoms with Crippen LogP contribution in [0.25, 0.3) is 0 Å². The Bertz CT molecular complexity index is 835. The smallest absolute Gasteiger partial charge is 0.0811 e. The Balaban J connectivity index is 1.83. The summed E-state index contributed by atoms with van der Waals surface area (Å²) in [5.41, 5.74) is 2.46. The first-order valence-electron chi connectivity index (χ1n) is 14.9. The molecular weight excluding hydrogens is 460 g/mol. The molecule has 0 amide bonds. The lowest BCUT2D eigenvalue weighted by molar-refractivity contribution is 0.00528. The number of rotatable bonds is 10. The van der Waals surface area contributed by atoms with Crippen LogP contribution in [-0.4, -0.2) is 43.8 Å². The fourth-order valence-corrected chi connectivity index (χ4v) is 8.17. The first-order chi connectivity index (χ1) is 17.0. The molecule has 3 aliphatic rings. The van der Waals surface area contributed by atoms with Gasteiger partial charge < -0.3 is 20.4 Å². The summed E-state index contributed by atoms with van der Waals surface area (Å²) in [5, 5.41) is 41.2. The Kier molecular flexibility index (Phi) is 9.64. The molecule has 0 heterocycles. The largest absolute Gasteiger partial charge is 0.393 e. The highest BCUT2D eigenvalue weighted by Crippen LogP contribution is 2.64. The highest BCUT2D eigenvalue weighted by molar-refractivity contribution is 5.38. The zero-order valence-electron chi connectivity index (χ0n) is 24.7. The van der Waals surface area contributed by atoms with Crippen LogP contribution in [0.5, 0.6) is 0 Å². The van der Waals surface area contributed by atoms with Crippen molar-refractivity contribution in [1.29, 1.82) is 0 Å². The number of hydrogen-bond acceptors (Lipinski definition) is 4. The van der Waals surface area contributed by atoms with E-state index in [4.69, 9.17) is 0 Å². The molecule has 0 radical (unpaired) electrons. The van der Waals surface area contributed by atoms with Crippen molar-refractivity contribution in [3.8, 4) is 0 Å². The molecule has 4 nitrogen and oxygen atoms in total. The summed E-state index contributed by atoms with van der Waals surface area (Å²) in [4.78, 5) is 0. The number of fused-ring (bicyclic) bond motifs is 1. The van der Waals surface area contributed by atoms with Gasteiger partial charge in [-0.15, -0.1) is 0 Å². The van der Waals surface area contributed by atoms with Crippen molar-refractivity contribution < 1.29 is 20.4 Å². The van der Waals surface area contributed by atoms with Crippen LogP contribution in [0.2, 0.25) is 0 Å². The molecule has 0 aliphatic heterocycles. The number of hydrogen-bond donors (Lipinski definition) is 4. The van der Waals surface area contributed by atoms with E-state index in [1.165, 1.54) is 31.3 Å². The van der Waals surface area contributed by atoms with Crippen molar-refractivity contribution in [3.63, 3.8) is 0 Å². The van der Waals surface area contributed by atoms with Crippen LogP contribution in [0, 0.1) is 22.7 Å². The van der Waals surface area contributed by atoms with Gasteiger partial charge in [0.1, 0.15) is 0 Å². The first kappa shape index (κ1) is 30.6. The molecule has 0 spiro atoms. The summed E-state index contributed by atoms with van der Waals surface area (Å²) in [6.45, 7) is 16.8. The summed E-state index contributed by atoms with van der Waals surface area (Å²) in [6, 6.07) is 0. The molecule has 4 heteroatoms. The molecule has 37 heavy (non-hydrogen) atoms. The maximum atomic E-state index is 10.4. The molecule has 3 fully saturated rings. The van der Waals surface area contributed by atoms with E-state index in [9.17, 15) is 20.4 Å². The molecule has 3 aliphatic carbocycles. The lowest BCUT2D eigenvalue weighted by Gasteiger charge is -2.50. The van der Waals surface area contributed by atoms with Crippen molar-refractivity contribution in [2.75, 3.05) is 0 Å². The lowest BCUT2D eigenvalue weighted by atomic mass is 9.55. The van der Waals surface area contributed by atoms with Crippen LogP contribution in [-0.2, 0) is 0 Å². The van der Waals surface area contributed by atoms with E-state index < -0.39 is 23.4 Å². The van der Waals surface area contributed by atoms with Crippen LogP contribution >= 0.6 is 0 Å². The third kappa shape index (κ3) is 7.81. The molecule has 0 saturated heterocycles. The molecule has 0 aromatic heterocycles.